The number of fused-ring (bicyclic) bond motifs is 4. The summed E-state index contributed by atoms with van der Waals surface area (Å²) in [5, 5.41) is 106. The van der Waals surface area contributed by atoms with Crippen molar-refractivity contribution in [3.8, 4) is 51.2 Å². The minimum Gasteiger partial charge on any atom is -0.508 e. The van der Waals surface area contributed by atoms with E-state index >= 15 is 9.59 Å². The lowest BCUT2D eigenvalue weighted by Crippen LogP contribution is -2.50. The van der Waals surface area contributed by atoms with Gasteiger partial charge in [0.25, 0.3) is 0 Å². The van der Waals surface area contributed by atoms with E-state index in [-0.39, 0.29) is 118 Å². The number of aliphatic hydroxyl groups is 4. The Labute approximate surface area is 599 Å². The number of carbonyl (C=O) groups is 1. The van der Waals surface area contributed by atoms with E-state index in [0.717, 1.165) is 68.3 Å². The molecule has 8 aromatic rings. The normalized spacial score (nSPS) is 28.9. The molecule has 99 heavy (non-hydrogen) atoms. The number of rotatable bonds is 7. The van der Waals surface area contributed by atoms with Gasteiger partial charge < -0.3 is 55.3 Å². The number of Topliss-reactive ketones (excluding diaryl/α,β-unsaturated/α-hetero) is 1. The van der Waals surface area contributed by atoms with Crippen LogP contribution in [0.4, 0.5) is 0 Å². The highest BCUT2D eigenvalue weighted by Gasteiger charge is 2.55. The summed E-state index contributed by atoms with van der Waals surface area (Å²) in [6, 6.07) is 32.7. The number of carbonyl (C=O) groups excluding carboxylic acids is 1. The number of piperidine rings is 1. The molecule has 0 saturated carbocycles. The Morgan fingerprint density at radius 1 is 0.768 bits per heavy atom. The van der Waals surface area contributed by atoms with Crippen LogP contribution in [0.15, 0.2) is 118 Å². The van der Waals surface area contributed by atoms with Gasteiger partial charge in [0, 0.05) is 83.1 Å². The molecule has 0 radical (unpaired) electrons. The standard InChI is InChI=1S/C80H81NO12S6/c1-39(2)23-48-29-54-57-36-96-98-65-31-47-25-40-8-4-11-49(26-40)79(38-97-95-37-59(47)81-71(65)45-9-3-7-41(24-45)27-53(57)72(48)87)19-17-51(77(79)90)43-13-14-46(61(85)30-43)35-80-58-16-15-44-28-42(10-5-20-82)50(18-21-83)52-32-55-67(69(58)66(44)52)56(78(80)91)33-63(60(84)12-6-22-94-99-80)92-76-68(55)62(86)34-64-70(76)73(88)74(89)75(54)93-64/h3-4,7-9,11,13-17,19,24,26,29-30,32,34,39,42,47,50-51,56,59-60,63,65,71,78,81-87,89,91H,5-6,10,12,18,20-23,25,27-28,31,33,35-38H2,1-2H3. The van der Waals surface area contributed by atoms with E-state index in [0.29, 0.717) is 113 Å². The summed E-state index contributed by atoms with van der Waals surface area (Å²) >= 11 is 0. The lowest BCUT2D eigenvalue weighted by molar-refractivity contribution is -0.122. The van der Waals surface area contributed by atoms with Crippen LogP contribution in [-0.2, 0) is 52.8 Å². The molecule has 13 atom stereocenters. The summed E-state index contributed by atoms with van der Waals surface area (Å²) in [4.78, 5) is 31.8. The molecule has 0 amide bonds. The van der Waals surface area contributed by atoms with Crippen molar-refractivity contribution in [2.45, 2.75) is 160 Å². The van der Waals surface area contributed by atoms with Gasteiger partial charge in [-0.25, -0.2) is 0 Å². The number of phenolic OH excluding ortho intramolecular Hbond substituents is 3. The predicted molar refractivity (Wildman–Crippen MR) is 402 cm³/mol. The molecule has 12 heterocycles. The van der Waals surface area contributed by atoms with E-state index in [1.165, 1.54) is 6.07 Å². The number of benzene rings is 7. The maximum Gasteiger partial charge on any atom is 0.238 e. The number of ketones is 1. The monoisotopic (exact) mass is 1440 g/mol. The van der Waals surface area contributed by atoms with Gasteiger partial charge in [-0.05, 0) is 196 Å². The number of nitrogens with one attached hydrogen (secondary N) is 1. The Morgan fingerprint density at radius 3 is 2.45 bits per heavy atom. The van der Waals surface area contributed by atoms with Crippen LogP contribution in [0.3, 0.4) is 0 Å². The first kappa shape index (κ1) is 66.6. The zero-order chi connectivity index (χ0) is 67.9. The molecular formula is C80H81NO12S6. The molecule has 9 N–H and O–H groups in total. The highest BCUT2D eigenvalue weighted by atomic mass is 33.1. The number of aromatic hydroxyl groups is 4. The van der Waals surface area contributed by atoms with Crippen LogP contribution in [0.2, 0.25) is 0 Å². The average molecular weight is 1440 g/mol. The molecule has 2 saturated heterocycles. The number of hydrogen-bond donors (Lipinski definition) is 9. The highest BCUT2D eigenvalue weighted by Crippen LogP contribution is 2.65. The first-order valence-corrected chi connectivity index (χ1v) is 42.4. The molecule has 7 aromatic carbocycles. The molecule has 13 unspecified atom stereocenters. The van der Waals surface area contributed by atoms with Gasteiger partial charge in [-0.1, -0.05) is 164 Å². The van der Waals surface area contributed by atoms with Crippen molar-refractivity contribution in [2.24, 2.45) is 17.8 Å². The number of ether oxygens (including phenoxy) is 1. The van der Waals surface area contributed by atoms with Gasteiger partial charge in [0.05, 0.1) is 33.9 Å². The third kappa shape index (κ3) is 11.0. The molecule has 13 nitrogen and oxygen atoms in total. The molecule has 1 aromatic heterocycles. The van der Waals surface area contributed by atoms with E-state index in [1.54, 1.807) is 60.0 Å². The molecule has 2 fully saturated rings. The molecule has 14 aliphatic rings. The van der Waals surface area contributed by atoms with Crippen molar-refractivity contribution in [3.05, 3.63) is 192 Å². The lowest BCUT2D eigenvalue weighted by atomic mass is 9.62. The highest BCUT2D eigenvalue weighted by molar-refractivity contribution is 8.77. The largest absolute Gasteiger partial charge is 0.508 e. The maximum atomic E-state index is 16.1. The van der Waals surface area contributed by atoms with Crippen molar-refractivity contribution in [1.82, 2.24) is 5.32 Å². The summed E-state index contributed by atoms with van der Waals surface area (Å²) in [6.45, 7) is 4.04. The second kappa shape index (κ2) is 26.2. The third-order valence-electron chi connectivity index (χ3n) is 23.4. The van der Waals surface area contributed by atoms with Gasteiger partial charge in [-0.15, -0.1) is 0 Å². The second-order valence-corrected chi connectivity index (χ2v) is 37.5. The van der Waals surface area contributed by atoms with Crippen LogP contribution < -0.4 is 15.5 Å². The number of phenols is 3. The van der Waals surface area contributed by atoms with Crippen LogP contribution in [0.5, 0.6) is 28.7 Å². The van der Waals surface area contributed by atoms with Crippen molar-refractivity contribution >= 4 is 92.3 Å². The predicted octanol–water partition coefficient (Wildman–Crippen LogP) is 15.3. The van der Waals surface area contributed by atoms with E-state index < -0.39 is 51.5 Å². The minimum atomic E-state index is -1.22. The summed E-state index contributed by atoms with van der Waals surface area (Å²) in [7, 11) is 10.2. The second-order valence-electron chi connectivity index (χ2n) is 29.7. The van der Waals surface area contributed by atoms with Crippen LogP contribution in [0, 0.1) is 17.8 Å². The summed E-state index contributed by atoms with van der Waals surface area (Å²) in [5.74, 6) is -0.00637. The van der Waals surface area contributed by atoms with E-state index in [9.17, 15) is 40.9 Å². The number of aliphatic hydroxyl groups excluding tert-OH is 4. The van der Waals surface area contributed by atoms with E-state index in [2.05, 4.69) is 92.0 Å². The van der Waals surface area contributed by atoms with Crippen molar-refractivity contribution in [2.75, 3.05) is 30.5 Å². The summed E-state index contributed by atoms with van der Waals surface area (Å²) < 4.78 is 13.2. The van der Waals surface area contributed by atoms with Crippen molar-refractivity contribution in [3.63, 3.8) is 0 Å². The van der Waals surface area contributed by atoms with Crippen molar-refractivity contribution in [1.29, 1.82) is 0 Å². The van der Waals surface area contributed by atoms with Gasteiger partial charge in [0.2, 0.25) is 11.2 Å². The first-order chi connectivity index (χ1) is 48.0. The van der Waals surface area contributed by atoms with E-state index in [1.807, 2.05) is 35.1 Å². The number of hydrogen-bond acceptors (Lipinski definition) is 19. The minimum absolute atomic E-state index is 0.00248. The van der Waals surface area contributed by atoms with Crippen LogP contribution in [-0.4, -0.2) is 107 Å². The fourth-order valence-corrected chi connectivity index (χ4v) is 27.8. The molecular weight excluding hydrogens is 1360 g/mol. The lowest BCUT2D eigenvalue weighted by Gasteiger charge is -2.49. The van der Waals surface area contributed by atoms with Gasteiger partial charge in [0.15, 0.2) is 11.5 Å². The number of allylic oxidation sites excluding steroid dienone is 2. The zero-order valence-electron chi connectivity index (χ0n) is 55.2. The summed E-state index contributed by atoms with van der Waals surface area (Å²) in [5.41, 5.74) is 10.3. The molecule has 22 bridgehead atoms. The Kier molecular flexibility index (Phi) is 17.6. The Balaban J connectivity index is 0.940. The molecule has 514 valence electrons. The average Bonchev–Trinajstić information content (AvgIpc) is 1.09. The maximum absolute atomic E-state index is 16.1. The Bertz CT molecular complexity index is 4710. The van der Waals surface area contributed by atoms with Crippen LogP contribution in [0.1, 0.15) is 155 Å². The zero-order valence-corrected chi connectivity index (χ0v) is 60.1. The molecule has 3 aliphatic carbocycles. The quantitative estimate of drug-likeness (QED) is 0.0533. The Morgan fingerprint density at radius 2 is 1.62 bits per heavy atom. The van der Waals surface area contributed by atoms with E-state index in [4.69, 9.17) is 9.15 Å². The first-order valence-electron chi connectivity index (χ1n) is 35.2. The van der Waals surface area contributed by atoms with Gasteiger partial charge in [0.1, 0.15) is 40.1 Å². The smallest absolute Gasteiger partial charge is 0.238 e. The van der Waals surface area contributed by atoms with Gasteiger partial charge in [-0.2, -0.15) is 0 Å². The van der Waals surface area contributed by atoms with Gasteiger partial charge in [-0.3, -0.25) is 9.59 Å². The Hall–Kier alpha value is -5.68. The fraction of sp³-hybridized carbons (Fsp3) is 0.425. The third-order valence-corrected chi connectivity index (χ3v) is 31.9. The van der Waals surface area contributed by atoms with Crippen molar-refractivity contribution < 1.29 is 54.8 Å². The fourth-order valence-electron chi connectivity index (χ4n) is 18.7. The topological polar surface area (TPSA) is 230 Å². The summed E-state index contributed by atoms with van der Waals surface area (Å²) in [6.07, 6.45) is 6.53. The molecule has 22 rings (SSSR count). The molecule has 19 heteroatoms. The molecule has 11 aliphatic heterocycles. The van der Waals surface area contributed by atoms with Gasteiger partial charge >= 0.3 is 0 Å². The molecule has 2 spiro atoms. The SMILES string of the molecule is CC(C)Cc1cc2c3c(c1O)Cc1cccc(c1)C1NC4CSSCC5(C=CC(C5=O)c5ccc(c(O)c5)CC56SSCCCC(O)C7CC(c8c(cc9c%10c(ccc5c8%10)CC(CCCO)C9CCO)-c5c(O)cc8oc-2c(O)c(=O)c8c5O7)C6O)c2cccc(c2)CC4CC1SSC3. The van der Waals surface area contributed by atoms with Crippen LogP contribution in [0.25, 0.3) is 44.2 Å². The van der Waals surface area contributed by atoms with Crippen LogP contribution >= 0.6 is 64.8 Å².